The van der Waals surface area contributed by atoms with E-state index in [1.807, 2.05) is 67.5 Å². The van der Waals surface area contributed by atoms with E-state index in [2.05, 4.69) is 33.1 Å². The summed E-state index contributed by atoms with van der Waals surface area (Å²) in [7, 11) is 4.00. The molecule has 8 heteroatoms. The van der Waals surface area contributed by atoms with Gasteiger partial charge < -0.3 is 19.1 Å². The number of hydrogen-bond acceptors (Lipinski definition) is 7. The first-order valence-corrected chi connectivity index (χ1v) is 15.2. The number of nitrogens with one attached hydrogen (secondary N) is 1. The van der Waals surface area contributed by atoms with Crippen molar-refractivity contribution >= 4 is 23.3 Å². The van der Waals surface area contributed by atoms with Crippen LogP contribution in [0.4, 0.5) is 11.4 Å². The molecule has 1 fully saturated rings. The fourth-order valence-corrected chi connectivity index (χ4v) is 4.91. The summed E-state index contributed by atoms with van der Waals surface area (Å²) in [6.45, 7) is 13.0. The molecule has 3 rings (SSSR count). The minimum absolute atomic E-state index is 0.00456. The Balaban J connectivity index is 2.06. The maximum absolute atomic E-state index is 13.1. The first kappa shape index (κ1) is 33.0. The normalized spacial score (nSPS) is 16.7. The van der Waals surface area contributed by atoms with E-state index >= 15 is 0 Å². The maximum Gasteiger partial charge on any atom is 0.354 e. The van der Waals surface area contributed by atoms with Gasteiger partial charge in [0.2, 0.25) is 0 Å². The lowest BCUT2D eigenvalue weighted by atomic mass is 10.1. The summed E-state index contributed by atoms with van der Waals surface area (Å²) < 4.78 is 17.0. The van der Waals surface area contributed by atoms with Crippen molar-refractivity contribution in [3.63, 3.8) is 0 Å². The number of rotatable bonds is 15. The van der Waals surface area contributed by atoms with E-state index < -0.39 is 17.7 Å². The molecule has 0 aromatic heterocycles. The molecule has 230 valence electrons. The summed E-state index contributed by atoms with van der Waals surface area (Å²) in [5, 5.41) is 0. The van der Waals surface area contributed by atoms with Crippen LogP contribution in [-0.4, -0.2) is 49.1 Å². The third-order valence-electron chi connectivity index (χ3n) is 7.54. The van der Waals surface area contributed by atoms with Gasteiger partial charge in [-0.3, -0.25) is 0 Å². The summed E-state index contributed by atoms with van der Waals surface area (Å²) >= 11 is 0. The predicted molar refractivity (Wildman–Crippen MR) is 168 cm³/mol. The third kappa shape index (κ3) is 9.24. The van der Waals surface area contributed by atoms with Gasteiger partial charge in [0.1, 0.15) is 24.5 Å². The molecule has 0 radical (unpaired) electrons. The minimum atomic E-state index is -1.31. The zero-order valence-electron chi connectivity index (χ0n) is 26.7. The Morgan fingerprint density at radius 1 is 0.929 bits per heavy atom. The third-order valence-corrected chi connectivity index (χ3v) is 7.54. The van der Waals surface area contributed by atoms with E-state index in [0.29, 0.717) is 19.1 Å². The fraction of sp³-hybridized carbons (Fsp3) is 0.529. The van der Waals surface area contributed by atoms with Crippen molar-refractivity contribution < 1.29 is 28.4 Å². The van der Waals surface area contributed by atoms with Crippen LogP contribution in [-0.2, 0) is 25.6 Å². The number of carbonyl (C=O) groups excluding carboxylic acids is 2. The van der Waals surface area contributed by atoms with E-state index in [0.717, 1.165) is 54.8 Å². The zero-order chi connectivity index (χ0) is 30.9. The SMILES string of the molecule is CCCCCC(C)[N+](C=C1C(=O)OC(C)(C)OC1=O)(Cc1ccc(OCCC(C)C)cc1)Nc1ccc(N(C)C)cc1. The van der Waals surface area contributed by atoms with Gasteiger partial charge in [0.05, 0.1) is 12.3 Å². The standard InChI is InChI=1S/C34H50N3O5/c1-9-10-11-12-26(4)37(35-28-15-17-29(18-16-28)36(7)8,24-31-32(38)41-34(5,6)42-33(31)39)23-27-13-19-30(20-14-27)40-22-21-25(2)3/h13-20,24-26,35H,9-12,21-23H2,1-8H3/q+1. The van der Waals surface area contributed by atoms with Gasteiger partial charge in [-0.2, -0.15) is 4.59 Å². The number of ether oxygens (including phenoxy) is 3. The quantitative estimate of drug-likeness (QED) is 0.0596. The number of cyclic esters (lactones) is 2. The highest BCUT2D eigenvalue weighted by Gasteiger charge is 2.44. The van der Waals surface area contributed by atoms with Crippen LogP contribution in [0.5, 0.6) is 5.75 Å². The highest BCUT2D eigenvalue weighted by atomic mass is 16.7. The topological polar surface area (TPSA) is 77.1 Å². The Labute approximate surface area is 252 Å². The zero-order valence-corrected chi connectivity index (χ0v) is 26.7. The number of nitrogens with zero attached hydrogens (tertiary/aromatic N) is 2. The second kappa shape index (κ2) is 14.6. The molecule has 0 aliphatic carbocycles. The number of esters is 2. The van der Waals surface area contributed by atoms with Crippen LogP contribution in [0.1, 0.15) is 79.2 Å². The van der Waals surface area contributed by atoms with E-state index in [1.165, 1.54) is 0 Å². The Bertz CT molecular complexity index is 1180. The predicted octanol–water partition coefficient (Wildman–Crippen LogP) is 7.21. The number of hydrogen-bond donors (Lipinski definition) is 1. The molecule has 2 aromatic carbocycles. The Kier molecular flexibility index (Phi) is 11.5. The Morgan fingerprint density at radius 2 is 1.55 bits per heavy atom. The molecule has 1 N–H and O–H groups in total. The molecule has 0 spiro atoms. The minimum Gasteiger partial charge on any atom is -0.494 e. The highest BCUT2D eigenvalue weighted by molar-refractivity contribution is 6.15. The molecule has 42 heavy (non-hydrogen) atoms. The molecule has 1 heterocycles. The van der Waals surface area contributed by atoms with Gasteiger partial charge in [-0.25, -0.2) is 15.0 Å². The van der Waals surface area contributed by atoms with Crippen LogP contribution in [0.15, 0.2) is 60.3 Å². The molecule has 0 amide bonds. The van der Waals surface area contributed by atoms with Crippen molar-refractivity contribution in [1.29, 1.82) is 0 Å². The van der Waals surface area contributed by atoms with E-state index in [9.17, 15) is 9.59 Å². The fourth-order valence-electron chi connectivity index (χ4n) is 4.91. The highest BCUT2D eigenvalue weighted by Crippen LogP contribution is 2.32. The lowest BCUT2D eigenvalue weighted by Crippen LogP contribution is -2.55. The number of quaternary nitrogens is 1. The second-order valence-electron chi connectivity index (χ2n) is 12.4. The smallest absolute Gasteiger partial charge is 0.354 e. The first-order valence-electron chi connectivity index (χ1n) is 15.2. The molecule has 2 atom stereocenters. The Morgan fingerprint density at radius 3 is 2.10 bits per heavy atom. The van der Waals surface area contributed by atoms with Crippen LogP contribution >= 0.6 is 0 Å². The summed E-state index contributed by atoms with van der Waals surface area (Å²) in [6, 6.07) is 16.2. The number of benzene rings is 2. The van der Waals surface area contributed by atoms with Gasteiger partial charge in [-0.1, -0.05) is 33.6 Å². The lowest BCUT2D eigenvalue weighted by molar-refractivity contribution is -0.895. The molecular formula is C34H50N3O5+. The van der Waals surface area contributed by atoms with Crippen molar-refractivity contribution in [1.82, 2.24) is 0 Å². The van der Waals surface area contributed by atoms with Crippen molar-refractivity contribution in [2.45, 2.75) is 92.0 Å². The van der Waals surface area contributed by atoms with Gasteiger partial charge in [-0.15, -0.1) is 0 Å². The molecule has 2 aromatic rings. The van der Waals surface area contributed by atoms with Crippen molar-refractivity contribution in [2.24, 2.45) is 5.92 Å². The van der Waals surface area contributed by atoms with Crippen LogP contribution in [0, 0.1) is 5.92 Å². The molecule has 8 nitrogen and oxygen atoms in total. The monoisotopic (exact) mass is 580 g/mol. The van der Waals surface area contributed by atoms with Crippen LogP contribution in [0.3, 0.4) is 0 Å². The van der Waals surface area contributed by atoms with Crippen LogP contribution < -0.4 is 15.1 Å². The van der Waals surface area contributed by atoms with E-state index in [1.54, 1.807) is 20.0 Å². The van der Waals surface area contributed by atoms with Gasteiger partial charge in [0.25, 0.3) is 5.79 Å². The van der Waals surface area contributed by atoms with Crippen LogP contribution in [0.25, 0.3) is 0 Å². The molecular weight excluding hydrogens is 530 g/mol. The molecule has 0 saturated carbocycles. The number of carbonyl (C=O) groups is 2. The summed E-state index contributed by atoms with van der Waals surface area (Å²) in [6.07, 6.45) is 6.78. The van der Waals surface area contributed by atoms with Crippen molar-refractivity contribution in [3.8, 4) is 5.75 Å². The Hall–Kier alpha value is -3.52. The van der Waals surface area contributed by atoms with Gasteiger partial charge in [-0.05, 0) is 74.2 Å². The van der Waals surface area contributed by atoms with Crippen molar-refractivity contribution in [3.05, 3.63) is 65.9 Å². The van der Waals surface area contributed by atoms with E-state index in [4.69, 9.17) is 14.2 Å². The van der Waals surface area contributed by atoms with Crippen LogP contribution in [0.2, 0.25) is 0 Å². The van der Waals surface area contributed by atoms with Gasteiger partial charge >= 0.3 is 11.9 Å². The largest absolute Gasteiger partial charge is 0.494 e. The van der Waals surface area contributed by atoms with Gasteiger partial charge in [0, 0.05) is 45.6 Å². The first-order chi connectivity index (χ1) is 19.8. The summed E-state index contributed by atoms with van der Waals surface area (Å²) in [5.41, 5.74) is 6.56. The molecule has 1 aliphatic rings. The summed E-state index contributed by atoms with van der Waals surface area (Å²) in [5.74, 6) is -1.28. The molecule has 1 aliphatic heterocycles. The molecule has 0 bridgehead atoms. The number of anilines is 2. The van der Waals surface area contributed by atoms with Gasteiger partial charge in [0.15, 0.2) is 5.57 Å². The molecule has 2 unspecified atom stereocenters. The molecule has 1 saturated heterocycles. The summed E-state index contributed by atoms with van der Waals surface area (Å²) in [4.78, 5) is 28.3. The average Bonchev–Trinajstić information content (AvgIpc) is 2.91. The lowest BCUT2D eigenvalue weighted by Gasteiger charge is -2.41. The van der Waals surface area contributed by atoms with Crippen molar-refractivity contribution in [2.75, 3.05) is 31.0 Å². The van der Waals surface area contributed by atoms with E-state index in [-0.39, 0.29) is 16.2 Å². The average molecular weight is 581 g/mol. The second-order valence-corrected chi connectivity index (χ2v) is 12.4. The maximum atomic E-state index is 13.1. The number of unbranched alkanes of at least 4 members (excludes halogenated alkanes) is 2.